The predicted molar refractivity (Wildman–Crippen MR) is 52.4 cm³/mol. The molecule has 0 spiro atoms. The Labute approximate surface area is 89.7 Å². The lowest BCUT2D eigenvalue weighted by molar-refractivity contribution is 0.0600. The lowest BCUT2D eigenvalue weighted by atomic mass is 10.3. The number of hydrogen-bond donors (Lipinski definition) is 1. The first-order valence-electron chi connectivity index (χ1n) is 4.45. The Morgan fingerprint density at radius 2 is 2.20 bits per heavy atom. The van der Waals surface area contributed by atoms with Crippen molar-refractivity contribution in [1.82, 2.24) is 4.98 Å². The van der Waals surface area contributed by atoms with Gasteiger partial charge in [0.15, 0.2) is 5.69 Å². The molecule has 80 valence electrons. The van der Waals surface area contributed by atoms with Crippen molar-refractivity contribution in [2.24, 2.45) is 0 Å². The first-order chi connectivity index (χ1) is 7.13. The summed E-state index contributed by atoms with van der Waals surface area (Å²) >= 11 is 1.12. The van der Waals surface area contributed by atoms with E-state index in [-0.39, 0.29) is 16.6 Å². The van der Waals surface area contributed by atoms with E-state index in [1.165, 1.54) is 7.11 Å². The quantitative estimate of drug-likeness (QED) is 0.792. The van der Waals surface area contributed by atoms with Gasteiger partial charge < -0.3 is 9.84 Å². The van der Waals surface area contributed by atoms with Crippen molar-refractivity contribution in [1.29, 1.82) is 0 Å². The van der Waals surface area contributed by atoms with Gasteiger partial charge in [0.1, 0.15) is 0 Å². The van der Waals surface area contributed by atoms with E-state index in [0.717, 1.165) is 24.2 Å². The van der Waals surface area contributed by atoms with Crippen LogP contribution in [0.1, 0.15) is 43.9 Å². The molecule has 5 nitrogen and oxygen atoms in total. The number of ether oxygens (including phenoxy) is 1. The second-order valence-electron chi connectivity index (χ2n) is 3.30. The number of carbonyl (C=O) groups is 2. The van der Waals surface area contributed by atoms with E-state index < -0.39 is 11.9 Å². The van der Waals surface area contributed by atoms with E-state index in [1.807, 2.05) is 0 Å². The Hall–Kier alpha value is -1.43. The minimum absolute atomic E-state index is 0.00269. The van der Waals surface area contributed by atoms with Gasteiger partial charge in [-0.05, 0) is 18.8 Å². The second kappa shape index (κ2) is 3.62. The summed E-state index contributed by atoms with van der Waals surface area (Å²) in [6.45, 7) is 0. The Kier molecular flexibility index (Phi) is 2.44. The highest BCUT2D eigenvalue weighted by molar-refractivity contribution is 7.14. The van der Waals surface area contributed by atoms with Gasteiger partial charge in [-0.1, -0.05) is 0 Å². The lowest BCUT2D eigenvalue weighted by Gasteiger charge is -1.91. The summed E-state index contributed by atoms with van der Waals surface area (Å²) in [4.78, 5) is 26.5. The van der Waals surface area contributed by atoms with Crippen LogP contribution in [0.3, 0.4) is 0 Å². The third kappa shape index (κ3) is 1.85. The van der Waals surface area contributed by atoms with E-state index in [1.54, 1.807) is 0 Å². The van der Waals surface area contributed by atoms with Crippen molar-refractivity contribution in [2.75, 3.05) is 7.11 Å². The molecule has 2 rings (SSSR count). The smallest absolute Gasteiger partial charge is 0.367 e. The Morgan fingerprint density at radius 3 is 2.67 bits per heavy atom. The predicted octanol–water partition coefficient (Wildman–Crippen LogP) is 1.51. The number of esters is 1. The largest absolute Gasteiger partial charge is 0.476 e. The molecule has 0 unspecified atom stereocenters. The van der Waals surface area contributed by atoms with Crippen LogP contribution in [0.4, 0.5) is 0 Å². The molecule has 6 heteroatoms. The molecule has 1 saturated carbocycles. The number of rotatable bonds is 3. The Morgan fingerprint density at radius 1 is 1.53 bits per heavy atom. The Balaban J connectivity index is 2.39. The molecule has 0 amide bonds. The summed E-state index contributed by atoms with van der Waals surface area (Å²) in [5.74, 6) is -1.38. The fourth-order valence-corrected chi connectivity index (χ4v) is 2.43. The molecule has 0 bridgehead atoms. The molecule has 1 aliphatic carbocycles. The van der Waals surface area contributed by atoms with Gasteiger partial charge in [-0.2, -0.15) is 0 Å². The maximum absolute atomic E-state index is 11.2. The monoisotopic (exact) mass is 227 g/mol. The zero-order valence-corrected chi connectivity index (χ0v) is 8.84. The van der Waals surface area contributed by atoms with Gasteiger partial charge in [0.25, 0.3) is 0 Å². The van der Waals surface area contributed by atoms with Gasteiger partial charge in [-0.15, -0.1) is 11.3 Å². The summed E-state index contributed by atoms with van der Waals surface area (Å²) in [6.07, 6.45) is 1.95. The third-order valence-corrected chi connectivity index (χ3v) is 3.36. The minimum Gasteiger partial charge on any atom is -0.476 e. The van der Waals surface area contributed by atoms with Gasteiger partial charge in [0.2, 0.25) is 5.01 Å². The number of carbonyl (C=O) groups excluding carboxylic acids is 1. The van der Waals surface area contributed by atoms with Crippen LogP contribution in [0, 0.1) is 0 Å². The lowest BCUT2D eigenvalue weighted by Crippen LogP contribution is -2.03. The van der Waals surface area contributed by atoms with Gasteiger partial charge in [-0.3, -0.25) is 0 Å². The van der Waals surface area contributed by atoms with Crippen LogP contribution in [-0.4, -0.2) is 29.1 Å². The summed E-state index contributed by atoms with van der Waals surface area (Å²) in [7, 11) is 1.25. The van der Waals surface area contributed by atoms with Crippen LogP contribution < -0.4 is 0 Å². The van der Waals surface area contributed by atoms with Gasteiger partial charge in [-0.25, -0.2) is 14.6 Å². The highest BCUT2D eigenvalue weighted by Gasteiger charge is 2.33. The van der Waals surface area contributed by atoms with E-state index >= 15 is 0 Å². The number of nitrogens with zero attached hydrogens (tertiary/aromatic N) is 1. The molecule has 1 aromatic heterocycles. The van der Waals surface area contributed by atoms with Crippen LogP contribution in [0.2, 0.25) is 0 Å². The first kappa shape index (κ1) is 10.1. The first-order valence-corrected chi connectivity index (χ1v) is 5.27. The number of thiazole rings is 1. The Bertz CT molecular complexity index is 422. The standard InChI is InChI=1S/C9H9NO4S/c1-14-9(13)7-10-5(8(11)12)6(15-7)4-2-3-4/h4H,2-3H2,1H3,(H,11,12). The fourth-order valence-electron chi connectivity index (χ4n) is 1.28. The molecular formula is C9H9NO4S. The van der Waals surface area contributed by atoms with E-state index in [0.29, 0.717) is 4.88 Å². The minimum atomic E-state index is -1.08. The van der Waals surface area contributed by atoms with Crippen molar-refractivity contribution in [2.45, 2.75) is 18.8 Å². The summed E-state index contributed by atoms with van der Waals surface area (Å²) < 4.78 is 4.50. The zero-order valence-electron chi connectivity index (χ0n) is 8.02. The van der Waals surface area contributed by atoms with Crippen molar-refractivity contribution in [3.63, 3.8) is 0 Å². The molecule has 1 fully saturated rings. The fraction of sp³-hybridized carbons (Fsp3) is 0.444. The van der Waals surface area contributed by atoms with Crippen LogP contribution in [0.15, 0.2) is 0 Å². The van der Waals surface area contributed by atoms with Gasteiger partial charge >= 0.3 is 11.9 Å². The SMILES string of the molecule is COC(=O)c1nc(C(=O)O)c(C2CC2)s1. The van der Waals surface area contributed by atoms with Crippen LogP contribution in [0.5, 0.6) is 0 Å². The van der Waals surface area contributed by atoms with Gasteiger partial charge in [0.05, 0.1) is 7.11 Å². The number of aromatic carboxylic acids is 1. The van der Waals surface area contributed by atoms with Crippen LogP contribution in [-0.2, 0) is 4.74 Å². The van der Waals surface area contributed by atoms with E-state index in [4.69, 9.17) is 5.11 Å². The topological polar surface area (TPSA) is 76.5 Å². The molecule has 0 saturated heterocycles. The molecule has 15 heavy (non-hydrogen) atoms. The highest BCUT2D eigenvalue weighted by atomic mass is 32.1. The summed E-state index contributed by atoms with van der Waals surface area (Å²) in [5.41, 5.74) is 0.00269. The number of methoxy groups -OCH3 is 1. The molecular weight excluding hydrogens is 218 g/mol. The average Bonchev–Trinajstić information content (AvgIpc) is 2.96. The number of carboxylic acids is 1. The van der Waals surface area contributed by atoms with Crippen molar-refractivity contribution in [3.8, 4) is 0 Å². The number of carboxylic acid groups (broad SMARTS) is 1. The van der Waals surface area contributed by atoms with Gasteiger partial charge in [0, 0.05) is 4.88 Å². The molecule has 0 atom stereocenters. The number of hydrogen-bond acceptors (Lipinski definition) is 5. The highest BCUT2D eigenvalue weighted by Crippen LogP contribution is 2.44. The normalized spacial score (nSPS) is 15.0. The van der Waals surface area contributed by atoms with Crippen LogP contribution in [0.25, 0.3) is 0 Å². The molecule has 1 heterocycles. The van der Waals surface area contributed by atoms with Crippen LogP contribution >= 0.6 is 11.3 Å². The zero-order chi connectivity index (χ0) is 11.0. The van der Waals surface area contributed by atoms with Crippen molar-refractivity contribution >= 4 is 23.3 Å². The van der Waals surface area contributed by atoms with Crippen molar-refractivity contribution in [3.05, 3.63) is 15.6 Å². The van der Waals surface area contributed by atoms with Crippen molar-refractivity contribution < 1.29 is 19.4 Å². The molecule has 1 N–H and O–H groups in total. The molecule has 1 aromatic rings. The maximum Gasteiger partial charge on any atom is 0.367 e. The molecule has 0 aliphatic heterocycles. The van der Waals surface area contributed by atoms with E-state index in [2.05, 4.69) is 9.72 Å². The third-order valence-electron chi connectivity index (χ3n) is 2.16. The molecule has 0 radical (unpaired) electrons. The second-order valence-corrected chi connectivity index (χ2v) is 4.33. The molecule has 0 aromatic carbocycles. The van der Waals surface area contributed by atoms with E-state index in [9.17, 15) is 9.59 Å². The average molecular weight is 227 g/mol. The molecule has 1 aliphatic rings. The maximum atomic E-state index is 11.2. The summed E-state index contributed by atoms with van der Waals surface area (Å²) in [6, 6.07) is 0. The summed E-state index contributed by atoms with van der Waals surface area (Å²) in [5, 5.41) is 9.02. The number of aromatic nitrogens is 1.